The SMILES string of the molecule is CCC(O)(O)CCCCN. The molecule has 10 heavy (non-hydrogen) atoms. The topological polar surface area (TPSA) is 66.5 Å². The highest BCUT2D eigenvalue weighted by atomic mass is 16.5. The maximum atomic E-state index is 9.06. The Bertz CT molecular complexity index is 83.7. The van der Waals surface area contributed by atoms with Crippen LogP contribution in [-0.2, 0) is 0 Å². The van der Waals surface area contributed by atoms with Crippen LogP contribution in [0.4, 0.5) is 0 Å². The molecule has 0 saturated carbocycles. The molecule has 0 bridgehead atoms. The molecule has 0 fully saturated rings. The average molecular weight is 147 g/mol. The quantitative estimate of drug-likeness (QED) is 0.384. The molecule has 3 nitrogen and oxygen atoms in total. The lowest BCUT2D eigenvalue weighted by molar-refractivity contribution is -0.167. The highest BCUT2D eigenvalue weighted by molar-refractivity contribution is 4.61. The zero-order valence-corrected chi connectivity index (χ0v) is 6.51. The van der Waals surface area contributed by atoms with Crippen LogP contribution in [0.2, 0.25) is 0 Å². The number of unbranched alkanes of at least 4 members (excludes halogenated alkanes) is 1. The van der Waals surface area contributed by atoms with Gasteiger partial charge in [-0.15, -0.1) is 0 Å². The molecule has 0 saturated heterocycles. The molecule has 0 atom stereocenters. The highest BCUT2D eigenvalue weighted by Crippen LogP contribution is 2.13. The molecule has 0 radical (unpaired) electrons. The minimum absolute atomic E-state index is 0.386. The van der Waals surface area contributed by atoms with Gasteiger partial charge in [-0.25, -0.2) is 0 Å². The summed E-state index contributed by atoms with van der Waals surface area (Å²) in [6.45, 7) is 2.38. The van der Waals surface area contributed by atoms with Crippen LogP contribution in [-0.4, -0.2) is 22.5 Å². The van der Waals surface area contributed by atoms with Crippen molar-refractivity contribution in [3.8, 4) is 0 Å². The predicted molar refractivity (Wildman–Crippen MR) is 40.4 cm³/mol. The molecule has 0 aliphatic carbocycles. The van der Waals surface area contributed by atoms with Gasteiger partial charge < -0.3 is 15.9 Å². The van der Waals surface area contributed by atoms with E-state index in [1.54, 1.807) is 6.92 Å². The molecule has 0 aromatic rings. The van der Waals surface area contributed by atoms with Gasteiger partial charge in [0.25, 0.3) is 0 Å². The Morgan fingerprint density at radius 1 is 1.30 bits per heavy atom. The highest BCUT2D eigenvalue weighted by Gasteiger charge is 2.18. The number of rotatable bonds is 5. The maximum Gasteiger partial charge on any atom is 0.162 e. The van der Waals surface area contributed by atoms with Crippen molar-refractivity contribution < 1.29 is 10.2 Å². The molecular weight excluding hydrogens is 130 g/mol. The average Bonchev–Trinajstić information content (AvgIpc) is 1.89. The summed E-state index contributed by atoms with van der Waals surface area (Å²) in [4.78, 5) is 0. The van der Waals surface area contributed by atoms with E-state index in [0.717, 1.165) is 12.8 Å². The van der Waals surface area contributed by atoms with Gasteiger partial charge in [-0.1, -0.05) is 6.92 Å². The molecule has 0 aliphatic rings. The molecule has 0 aromatic carbocycles. The van der Waals surface area contributed by atoms with E-state index in [-0.39, 0.29) is 0 Å². The second kappa shape index (κ2) is 4.66. The molecule has 3 heteroatoms. The Labute approximate surface area is 61.9 Å². The summed E-state index contributed by atoms with van der Waals surface area (Å²) in [5, 5.41) is 18.1. The lowest BCUT2D eigenvalue weighted by atomic mass is 10.1. The van der Waals surface area contributed by atoms with Crippen LogP contribution in [0.1, 0.15) is 32.6 Å². The lowest BCUT2D eigenvalue weighted by Crippen LogP contribution is -2.26. The zero-order valence-electron chi connectivity index (χ0n) is 6.51. The van der Waals surface area contributed by atoms with Gasteiger partial charge in [-0.2, -0.15) is 0 Å². The third-order valence-corrected chi connectivity index (χ3v) is 1.60. The van der Waals surface area contributed by atoms with E-state index in [0.29, 0.717) is 19.4 Å². The van der Waals surface area contributed by atoms with Crippen molar-refractivity contribution in [1.29, 1.82) is 0 Å². The van der Waals surface area contributed by atoms with Crippen LogP contribution in [0.25, 0.3) is 0 Å². The minimum atomic E-state index is -1.46. The van der Waals surface area contributed by atoms with Crippen molar-refractivity contribution in [2.45, 2.75) is 38.4 Å². The molecular formula is C7H17NO2. The molecule has 0 aliphatic heterocycles. The molecule has 0 aromatic heterocycles. The van der Waals surface area contributed by atoms with Gasteiger partial charge >= 0.3 is 0 Å². The van der Waals surface area contributed by atoms with E-state index >= 15 is 0 Å². The van der Waals surface area contributed by atoms with Crippen LogP contribution in [0.3, 0.4) is 0 Å². The van der Waals surface area contributed by atoms with Crippen LogP contribution in [0.5, 0.6) is 0 Å². The van der Waals surface area contributed by atoms with E-state index in [1.807, 2.05) is 0 Å². The van der Waals surface area contributed by atoms with Gasteiger partial charge in [0.1, 0.15) is 0 Å². The van der Waals surface area contributed by atoms with E-state index in [4.69, 9.17) is 15.9 Å². The molecule has 4 N–H and O–H groups in total. The van der Waals surface area contributed by atoms with Crippen LogP contribution in [0, 0.1) is 0 Å². The summed E-state index contributed by atoms with van der Waals surface area (Å²) in [7, 11) is 0. The number of hydrogen-bond donors (Lipinski definition) is 3. The van der Waals surface area contributed by atoms with Crippen molar-refractivity contribution in [2.24, 2.45) is 5.73 Å². The van der Waals surface area contributed by atoms with Gasteiger partial charge in [-0.3, -0.25) is 0 Å². The fraction of sp³-hybridized carbons (Fsp3) is 1.00. The van der Waals surface area contributed by atoms with Gasteiger partial charge in [-0.05, 0) is 25.8 Å². The second-order valence-corrected chi connectivity index (χ2v) is 2.58. The minimum Gasteiger partial charge on any atom is -0.366 e. The van der Waals surface area contributed by atoms with Crippen molar-refractivity contribution in [3.63, 3.8) is 0 Å². The Morgan fingerprint density at radius 2 is 1.90 bits per heavy atom. The molecule has 62 valence electrons. The number of aliphatic hydroxyl groups is 2. The molecule has 0 amide bonds. The fourth-order valence-corrected chi connectivity index (χ4v) is 0.729. The van der Waals surface area contributed by atoms with Crippen molar-refractivity contribution in [2.75, 3.05) is 6.54 Å². The first-order valence-electron chi connectivity index (χ1n) is 3.77. The summed E-state index contributed by atoms with van der Waals surface area (Å²) in [6, 6.07) is 0. The van der Waals surface area contributed by atoms with Crippen molar-refractivity contribution in [3.05, 3.63) is 0 Å². The summed E-state index contributed by atoms with van der Waals surface area (Å²) in [6.07, 6.45) is 2.47. The Morgan fingerprint density at radius 3 is 2.30 bits per heavy atom. The van der Waals surface area contributed by atoms with Crippen LogP contribution >= 0.6 is 0 Å². The normalized spacial score (nSPS) is 12.0. The van der Waals surface area contributed by atoms with E-state index < -0.39 is 5.79 Å². The Kier molecular flexibility index (Phi) is 4.60. The largest absolute Gasteiger partial charge is 0.366 e. The molecule has 0 spiro atoms. The Balaban J connectivity index is 3.28. The van der Waals surface area contributed by atoms with Crippen molar-refractivity contribution in [1.82, 2.24) is 0 Å². The van der Waals surface area contributed by atoms with E-state index in [9.17, 15) is 0 Å². The summed E-state index contributed by atoms with van der Waals surface area (Å²) < 4.78 is 0. The fourth-order valence-electron chi connectivity index (χ4n) is 0.729. The maximum absolute atomic E-state index is 9.06. The predicted octanol–water partition coefficient (Wildman–Crippen LogP) is 0.206. The van der Waals surface area contributed by atoms with Gasteiger partial charge in [0.15, 0.2) is 5.79 Å². The first-order chi connectivity index (χ1) is 4.62. The zero-order chi connectivity index (χ0) is 8.04. The van der Waals surface area contributed by atoms with E-state index in [1.165, 1.54) is 0 Å². The smallest absolute Gasteiger partial charge is 0.162 e. The summed E-state index contributed by atoms with van der Waals surface area (Å²) in [5.74, 6) is -1.46. The number of nitrogens with two attached hydrogens (primary N) is 1. The lowest BCUT2D eigenvalue weighted by Gasteiger charge is -2.18. The molecule has 0 unspecified atom stereocenters. The van der Waals surface area contributed by atoms with Crippen LogP contribution in [0.15, 0.2) is 0 Å². The number of hydrogen-bond acceptors (Lipinski definition) is 3. The third-order valence-electron chi connectivity index (χ3n) is 1.60. The van der Waals surface area contributed by atoms with Gasteiger partial charge in [0, 0.05) is 6.42 Å². The first kappa shape index (κ1) is 9.88. The monoisotopic (exact) mass is 147 g/mol. The van der Waals surface area contributed by atoms with Gasteiger partial charge in [0.2, 0.25) is 0 Å². The summed E-state index contributed by atoms with van der Waals surface area (Å²) in [5.41, 5.74) is 5.24. The molecule has 0 rings (SSSR count). The Hall–Kier alpha value is -0.120. The first-order valence-corrected chi connectivity index (χ1v) is 3.77. The standard InChI is InChI=1S/C7H17NO2/c1-2-7(9,10)5-3-4-6-8/h9-10H,2-6,8H2,1H3. The van der Waals surface area contributed by atoms with Gasteiger partial charge in [0.05, 0.1) is 0 Å². The summed E-state index contributed by atoms with van der Waals surface area (Å²) >= 11 is 0. The third kappa shape index (κ3) is 4.73. The van der Waals surface area contributed by atoms with E-state index in [2.05, 4.69) is 0 Å². The van der Waals surface area contributed by atoms with Crippen molar-refractivity contribution >= 4 is 0 Å². The second-order valence-electron chi connectivity index (χ2n) is 2.58. The van der Waals surface area contributed by atoms with Crippen LogP contribution < -0.4 is 5.73 Å². The molecule has 0 heterocycles.